The molecule has 0 saturated heterocycles. The summed E-state index contributed by atoms with van der Waals surface area (Å²) in [6.07, 6.45) is 4.43. The fourth-order valence-electron chi connectivity index (χ4n) is 3.56. The molecule has 1 saturated carbocycles. The highest BCUT2D eigenvalue weighted by Crippen LogP contribution is 2.29. The zero-order valence-corrected chi connectivity index (χ0v) is 16.7. The molecular weight excluding hydrogens is 374 g/mol. The van der Waals surface area contributed by atoms with Gasteiger partial charge in [0.25, 0.3) is 0 Å². The Hall–Kier alpha value is -2.53. The summed E-state index contributed by atoms with van der Waals surface area (Å²) in [5.41, 5.74) is 7.78. The van der Waals surface area contributed by atoms with E-state index in [0.717, 1.165) is 32.1 Å². The molecule has 4 N–H and O–H groups in total. The maximum atomic E-state index is 12.4. The van der Waals surface area contributed by atoms with E-state index in [-0.39, 0.29) is 30.3 Å². The molecule has 6 heteroatoms. The van der Waals surface area contributed by atoms with E-state index >= 15 is 0 Å². The van der Waals surface area contributed by atoms with Gasteiger partial charge >= 0.3 is 5.97 Å². The number of guanidine groups is 1. The third-order valence-electron chi connectivity index (χ3n) is 5.15. The molecule has 0 radical (unpaired) electrons. The largest absolute Gasteiger partial charge is 0.426 e. The molecule has 150 valence electrons. The fraction of sp³-hybridized carbons (Fsp3) is 0.364. The molecule has 0 aromatic heterocycles. The van der Waals surface area contributed by atoms with Crippen molar-refractivity contribution in [3.8, 4) is 5.75 Å². The van der Waals surface area contributed by atoms with Crippen LogP contribution in [0, 0.1) is 17.2 Å². The molecule has 2 aromatic carbocycles. The molecule has 0 atom stereocenters. The molecule has 3 rings (SSSR count). The first-order valence-electron chi connectivity index (χ1n) is 9.52. The maximum Gasteiger partial charge on any atom is 0.314 e. The number of benzene rings is 2. The van der Waals surface area contributed by atoms with Gasteiger partial charge in [-0.1, -0.05) is 42.5 Å². The summed E-state index contributed by atoms with van der Waals surface area (Å²) in [6, 6.07) is 18.1. The molecule has 0 bridgehead atoms. The zero-order valence-electron chi connectivity index (χ0n) is 15.9. The summed E-state index contributed by atoms with van der Waals surface area (Å²) >= 11 is 0. The van der Waals surface area contributed by atoms with Crippen molar-refractivity contribution in [1.82, 2.24) is 5.32 Å². The second-order valence-corrected chi connectivity index (χ2v) is 7.24. The van der Waals surface area contributed by atoms with E-state index in [1.165, 1.54) is 11.1 Å². The fourth-order valence-corrected chi connectivity index (χ4v) is 3.56. The standard InChI is InChI=1S/C22H27N3O2.ClH/c23-22(24)25-15-18-6-10-19(11-7-18)21(26)27-20-12-8-17(9-13-20)14-16-4-2-1-3-5-16;/h1-5,8-9,12-13,18-19H,6-7,10-11,14-15H2,(H4,23,24,25);1H/t18-,19-;. The Morgan fingerprint density at radius 3 is 2.21 bits per heavy atom. The highest BCUT2D eigenvalue weighted by molar-refractivity contribution is 5.85. The Kier molecular flexibility index (Phi) is 8.33. The Morgan fingerprint density at radius 1 is 1.00 bits per heavy atom. The number of hydrogen-bond donors (Lipinski definition) is 3. The molecule has 0 heterocycles. The predicted octanol–water partition coefficient (Wildman–Crippen LogP) is 3.89. The molecule has 0 unspecified atom stereocenters. The number of hydrogen-bond acceptors (Lipinski definition) is 3. The van der Waals surface area contributed by atoms with Crippen molar-refractivity contribution in [3.63, 3.8) is 0 Å². The highest BCUT2D eigenvalue weighted by atomic mass is 35.5. The van der Waals surface area contributed by atoms with Crippen LogP contribution < -0.4 is 15.8 Å². The SMILES string of the molecule is Cl.N=C(N)NC[C@H]1CC[C@H](C(=O)Oc2ccc(Cc3ccccc3)cc2)CC1. The van der Waals surface area contributed by atoms with Crippen LogP contribution in [-0.4, -0.2) is 18.5 Å². The average molecular weight is 402 g/mol. The first kappa shape index (κ1) is 21.8. The van der Waals surface area contributed by atoms with Crippen molar-refractivity contribution >= 4 is 24.3 Å². The number of carbonyl (C=O) groups excluding carboxylic acids is 1. The molecule has 5 nitrogen and oxygen atoms in total. The van der Waals surface area contributed by atoms with Crippen molar-refractivity contribution < 1.29 is 9.53 Å². The second kappa shape index (κ2) is 10.7. The van der Waals surface area contributed by atoms with Crippen molar-refractivity contribution in [2.75, 3.05) is 6.54 Å². The van der Waals surface area contributed by atoms with Gasteiger partial charge in [0, 0.05) is 6.54 Å². The van der Waals surface area contributed by atoms with E-state index in [0.29, 0.717) is 18.2 Å². The number of rotatable bonds is 6. The Bertz CT molecular complexity index is 757. The smallest absolute Gasteiger partial charge is 0.314 e. The molecule has 2 aromatic rings. The first-order valence-corrected chi connectivity index (χ1v) is 9.52. The number of nitrogens with one attached hydrogen (secondary N) is 2. The van der Waals surface area contributed by atoms with Gasteiger partial charge in [-0.2, -0.15) is 0 Å². The summed E-state index contributed by atoms with van der Waals surface area (Å²) in [4.78, 5) is 12.4. The van der Waals surface area contributed by atoms with Crippen LogP contribution in [0.15, 0.2) is 54.6 Å². The lowest BCUT2D eigenvalue weighted by Crippen LogP contribution is -2.36. The van der Waals surface area contributed by atoms with E-state index in [4.69, 9.17) is 15.9 Å². The second-order valence-electron chi connectivity index (χ2n) is 7.24. The van der Waals surface area contributed by atoms with Crippen molar-refractivity contribution in [2.45, 2.75) is 32.1 Å². The number of ether oxygens (including phenoxy) is 1. The quantitative estimate of drug-likeness (QED) is 0.296. The highest BCUT2D eigenvalue weighted by Gasteiger charge is 2.27. The van der Waals surface area contributed by atoms with Crippen LogP contribution in [0.4, 0.5) is 0 Å². The molecule has 0 aliphatic heterocycles. The summed E-state index contributed by atoms with van der Waals surface area (Å²) in [6.45, 7) is 0.708. The zero-order chi connectivity index (χ0) is 19.1. The van der Waals surface area contributed by atoms with Crippen LogP contribution in [-0.2, 0) is 11.2 Å². The van der Waals surface area contributed by atoms with Gasteiger partial charge in [-0.05, 0) is 61.3 Å². The van der Waals surface area contributed by atoms with Crippen LogP contribution in [0.25, 0.3) is 0 Å². The van der Waals surface area contributed by atoms with E-state index in [2.05, 4.69) is 17.4 Å². The Labute approximate surface area is 172 Å². The van der Waals surface area contributed by atoms with Gasteiger partial charge in [-0.15, -0.1) is 12.4 Å². The van der Waals surface area contributed by atoms with Gasteiger partial charge in [0.15, 0.2) is 5.96 Å². The minimum atomic E-state index is -0.135. The van der Waals surface area contributed by atoms with Crippen LogP contribution in [0.3, 0.4) is 0 Å². The van der Waals surface area contributed by atoms with E-state index in [9.17, 15) is 4.79 Å². The third-order valence-corrected chi connectivity index (χ3v) is 5.15. The summed E-state index contributed by atoms with van der Waals surface area (Å²) in [7, 11) is 0. The number of carbonyl (C=O) groups is 1. The molecule has 1 fully saturated rings. The Morgan fingerprint density at radius 2 is 1.61 bits per heavy atom. The number of nitrogens with two attached hydrogens (primary N) is 1. The average Bonchev–Trinajstić information content (AvgIpc) is 2.69. The lowest BCUT2D eigenvalue weighted by Gasteiger charge is -2.27. The minimum absolute atomic E-state index is 0. The molecule has 0 spiro atoms. The van der Waals surface area contributed by atoms with Crippen molar-refractivity contribution in [2.24, 2.45) is 17.6 Å². The van der Waals surface area contributed by atoms with E-state index < -0.39 is 0 Å². The van der Waals surface area contributed by atoms with Crippen LogP contribution in [0.2, 0.25) is 0 Å². The van der Waals surface area contributed by atoms with Gasteiger partial charge in [-0.3, -0.25) is 10.2 Å². The summed E-state index contributed by atoms with van der Waals surface area (Å²) in [5, 5.41) is 10.1. The molecular formula is C22H28ClN3O2. The van der Waals surface area contributed by atoms with E-state index in [1.54, 1.807) is 0 Å². The predicted molar refractivity (Wildman–Crippen MR) is 114 cm³/mol. The topological polar surface area (TPSA) is 88.2 Å². The summed E-state index contributed by atoms with van der Waals surface area (Å²) < 4.78 is 5.58. The number of halogens is 1. The summed E-state index contributed by atoms with van der Waals surface area (Å²) in [5.74, 6) is 0.908. The third kappa shape index (κ3) is 6.57. The minimum Gasteiger partial charge on any atom is -0.426 e. The van der Waals surface area contributed by atoms with Crippen molar-refractivity contribution in [1.29, 1.82) is 5.41 Å². The molecule has 28 heavy (non-hydrogen) atoms. The normalized spacial score (nSPS) is 18.6. The molecule has 0 amide bonds. The van der Waals surface area contributed by atoms with Gasteiger partial charge in [0.05, 0.1) is 5.92 Å². The lowest BCUT2D eigenvalue weighted by molar-refractivity contribution is -0.140. The van der Waals surface area contributed by atoms with Crippen LogP contribution in [0.5, 0.6) is 5.75 Å². The first-order chi connectivity index (χ1) is 13.1. The van der Waals surface area contributed by atoms with Gasteiger partial charge in [0.2, 0.25) is 0 Å². The lowest BCUT2D eigenvalue weighted by atomic mass is 9.82. The van der Waals surface area contributed by atoms with Crippen molar-refractivity contribution in [3.05, 3.63) is 65.7 Å². The van der Waals surface area contributed by atoms with Crippen LogP contribution >= 0.6 is 12.4 Å². The van der Waals surface area contributed by atoms with Gasteiger partial charge < -0.3 is 15.8 Å². The van der Waals surface area contributed by atoms with E-state index in [1.807, 2.05) is 42.5 Å². The number of esters is 1. The van der Waals surface area contributed by atoms with Gasteiger partial charge in [0.1, 0.15) is 5.75 Å². The molecule has 1 aliphatic carbocycles. The maximum absolute atomic E-state index is 12.4. The van der Waals surface area contributed by atoms with Gasteiger partial charge in [-0.25, -0.2) is 0 Å². The van der Waals surface area contributed by atoms with Crippen LogP contribution in [0.1, 0.15) is 36.8 Å². The monoisotopic (exact) mass is 401 g/mol. The molecule has 1 aliphatic rings. The Balaban J connectivity index is 0.00000280.